The Morgan fingerprint density at radius 2 is 1.21 bits per heavy atom. The molecule has 150 valence electrons. The highest BCUT2D eigenvalue weighted by Gasteiger charge is 2.05. The predicted octanol–water partition coefficient (Wildman–Crippen LogP) is 4.40. The summed E-state index contributed by atoms with van der Waals surface area (Å²) in [5, 5.41) is 2.20. The molecular weight excluding hydrogens is 350 g/mol. The van der Waals surface area contributed by atoms with Crippen LogP contribution in [0.1, 0.15) is 39.5 Å². The molecule has 5 heteroatoms. The van der Waals surface area contributed by atoms with Gasteiger partial charge >= 0.3 is 0 Å². The lowest BCUT2D eigenvalue weighted by Gasteiger charge is -2.10. The van der Waals surface area contributed by atoms with Gasteiger partial charge in [-0.15, -0.1) is 0 Å². The van der Waals surface area contributed by atoms with Gasteiger partial charge in [0.15, 0.2) is 0 Å². The first kappa shape index (κ1) is 20.4. The lowest BCUT2D eigenvalue weighted by atomic mass is 10.1. The molecule has 2 unspecified atom stereocenters. The minimum atomic E-state index is 0.211. The molecule has 3 aromatic rings. The van der Waals surface area contributed by atoms with Crippen LogP contribution >= 0.6 is 0 Å². The van der Waals surface area contributed by atoms with Crippen molar-refractivity contribution in [2.45, 2.75) is 51.6 Å². The number of benzene rings is 2. The molecule has 1 aromatic heterocycles. The van der Waals surface area contributed by atoms with E-state index in [0.29, 0.717) is 13.2 Å². The van der Waals surface area contributed by atoms with Crippen molar-refractivity contribution in [3.8, 4) is 11.5 Å². The fraction of sp³-hybridized carbons (Fsp3) is 0.435. The number of ether oxygens (including phenoxy) is 2. The lowest BCUT2D eigenvalue weighted by Crippen LogP contribution is -2.15. The van der Waals surface area contributed by atoms with Crippen LogP contribution in [-0.2, 0) is 0 Å². The number of pyridine rings is 1. The maximum Gasteiger partial charge on any atom is 0.121 e. The van der Waals surface area contributed by atoms with Gasteiger partial charge in [0, 0.05) is 35.0 Å². The molecular formula is C23H31N3O2. The normalized spacial score (nSPS) is 13.6. The Balaban J connectivity index is 1.70. The molecule has 1 heterocycles. The number of aromatic nitrogens is 1. The zero-order valence-electron chi connectivity index (χ0n) is 16.9. The molecule has 5 nitrogen and oxygen atoms in total. The van der Waals surface area contributed by atoms with Crippen molar-refractivity contribution in [3.63, 3.8) is 0 Å². The van der Waals surface area contributed by atoms with Crippen LogP contribution in [-0.4, -0.2) is 30.3 Å². The van der Waals surface area contributed by atoms with Crippen molar-refractivity contribution in [1.82, 2.24) is 4.98 Å². The lowest BCUT2D eigenvalue weighted by molar-refractivity contribution is 0.303. The van der Waals surface area contributed by atoms with Crippen molar-refractivity contribution in [2.24, 2.45) is 11.5 Å². The first-order valence-electron chi connectivity index (χ1n) is 10.1. The summed E-state index contributed by atoms with van der Waals surface area (Å²) in [5.74, 6) is 1.68. The number of nitrogens with zero attached hydrogens (tertiary/aromatic N) is 1. The molecule has 0 saturated carbocycles. The van der Waals surface area contributed by atoms with E-state index < -0.39 is 0 Å². The molecule has 0 spiro atoms. The molecule has 28 heavy (non-hydrogen) atoms. The van der Waals surface area contributed by atoms with Crippen LogP contribution < -0.4 is 20.9 Å². The van der Waals surface area contributed by atoms with Gasteiger partial charge in [-0.1, -0.05) is 0 Å². The molecule has 2 aromatic carbocycles. The molecule has 0 fully saturated rings. The van der Waals surface area contributed by atoms with Crippen LogP contribution in [0.5, 0.6) is 11.5 Å². The summed E-state index contributed by atoms with van der Waals surface area (Å²) >= 11 is 0. The molecule has 0 amide bonds. The standard InChI is InChI=1S/C23H31N3O2/c1-16(24)5-3-11-27-20-9-7-18-13-19-8-10-21(28-12-4-6-17(2)25)15-23(19)26-22(18)14-20/h7-10,13-17H,3-6,11-12,24-25H2,1-2H3. The van der Waals surface area contributed by atoms with Crippen LogP contribution in [0, 0.1) is 0 Å². The topological polar surface area (TPSA) is 83.4 Å². The minimum absolute atomic E-state index is 0.211. The van der Waals surface area contributed by atoms with Gasteiger partial charge in [-0.05, 0) is 69.9 Å². The summed E-state index contributed by atoms with van der Waals surface area (Å²) in [6.45, 7) is 5.36. The molecule has 0 radical (unpaired) electrons. The Labute approximate surface area is 167 Å². The Hall–Kier alpha value is -2.37. The molecule has 0 bridgehead atoms. The van der Waals surface area contributed by atoms with Crippen molar-refractivity contribution in [2.75, 3.05) is 13.2 Å². The van der Waals surface area contributed by atoms with Gasteiger partial charge in [0.05, 0.1) is 24.2 Å². The number of rotatable bonds is 10. The highest BCUT2D eigenvalue weighted by molar-refractivity contribution is 5.93. The second-order valence-corrected chi connectivity index (χ2v) is 7.63. The van der Waals surface area contributed by atoms with Crippen LogP contribution in [0.25, 0.3) is 21.8 Å². The van der Waals surface area contributed by atoms with E-state index in [2.05, 4.69) is 18.2 Å². The van der Waals surface area contributed by atoms with E-state index in [4.69, 9.17) is 25.9 Å². The maximum atomic E-state index is 5.85. The highest BCUT2D eigenvalue weighted by atomic mass is 16.5. The average Bonchev–Trinajstić information content (AvgIpc) is 2.66. The van der Waals surface area contributed by atoms with Crippen molar-refractivity contribution >= 4 is 21.8 Å². The predicted molar refractivity (Wildman–Crippen MR) is 116 cm³/mol. The van der Waals surface area contributed by atoms with Crippen LogP contribution in [0.2, 0.25) is 0 Å². The first-order valence-corrected chi connectivity index (χ1v) is 10.1. The van der Waals surface area contributed by atoms with Gasteiger partial charge in [-0.2, -0.15) is 0 Å². The summed E-state index contributed by atoms with van der Waals surface area (Å²) in [6.07, 6.45) is 3.82. The molecule has 0 aliphatic rings. The van der Waals surface area contributed by atoms with Gasteiger partial charge < -0.3 is 20.9 Å². The third kappa shape index (κ3) is 5.81. The Bertz CT molecular complexity index is 838. The zero-order valence-corrected chi connectivity index (χ0v) is 16.9. The van der Waals surface area contributed by atoms with E-state index in [1.165, 1.54) is 0 Å². The molecule has 0 aliphatic heterocycles. The van der Waals surface area contributed by atoms with Crippen LogP contribution in [0.3, 0.4) is 0 Å². The second-order valence-electron chi connectivity index (χ2n) is 7.63. The molecule has 2 atom stereocenters. The van der Waals surface area contributed by atoms with E-state index in [9.17, 15) is 0 Å². The summed E-state index contributed by atoms with van der Waals surface area (Å²) in [5.41, 5.74) is 13.4. The summed E-state index contributed by atoms with van der Waals surface area (Å²) < 4.78 is 11.7. The fourth-order valence-electron chi connectivity index (χ4n) is 3.15. The Kier molecular flexibility index (Phi) is 7.06. The monoisotopic (exact) mass is 381 g/mol. The largest absolute Gasteiger partial charge is 0.494 e. The first-order chi connectivity index (χ1) is 13.5. The van der Waals surface area contributed by atoms with E-state index in [1.54, 1.807) is 0 Å². The molecule has 4 N–H and O–H groups in total. The van der Waals surface area contributed by atoms with E-state index >= 15 is 0 Å². The Morgan fingerprint density at radius 3 is 1.64 bits per heavy atom. The quantitative estimate of drug-likeness (QED) is 0.402. The number of nitrogens with two attached hydrogens (primary N) is 2. The fourth-order valence-corrected chi connectivity index (χ4v) is 3.15. The van der Waals surface area contributed by atoms with Gasteiger partial charge in [-0.3, -0.25) is 0 Å². The maximum absolute atomic E-state index is 5.85. The summed E-state index contributed by atoms with van der Waals surface area (Å²) in [6, 6.07) is 14.7. The molecule has 0 aliphatic carbocycles. The van der Waals surface area contributed by atoms with Gasteiger partial charge in [-0.25, -0.2) is 4.98 Å². The van der Waals surface area contributed by atoms with Crippen molar-refractivity contribution in [1.29, 1.82) is 0 Å². The molecule has 0 saturated heterocycles. The third-order valence-electron chi connectivity index (χ3n) is 4.70. The number of hydrogen-bond donors (Lipinski definition) is 2. The smallest absolute Gasteiger partial charge is 0.121 e. The minimum Gasteiger partial charge on any atom is -0.494 e. The summed E-state index contributed by atoms with van der Waals surface area (Å²) in [7, 11) is 0. The van der Waals surface area contributed by atoms with E-state index in [1.807, 2.05) is 38.1 Å². The second kappa shape index (κ2) is 9.71. The summed E-state index contributed by atoms with van der Waals surface area (Å²) in [4.78, 5) is 4.81. The zero-order chi connectivity index (χ0) is 19.9. The van der Waals surface area contributed by atoms with Gasteiger partial charge in [0.1, 0.15) is 11.5 Å². The van der Waals surface area contributed by atoms with Gasteiger partial charge in [0.25, 0.3) is 0 Å². The number of hydrogen-bond acceptors (Lipinski definition) is 5. The van der Waals surface area contributed by atoms with Crippen LogP contribution in [0.4, 0.5) is 0 Å². The molecule has 3 rings (SSSR count). The van der Waals surface area contributed by atoms with Crippen LogP contribution in [0.15, 0.2) is 42.5 Å². The Morgan fingerprint density at radius 1 is 0.750 bits per heavy atom. The average molecular weight is 382 g/mol. The van der Waals surface area contributed by atoms with Crippen molar-refractivity contribution < 1.29 is 9.47 Å². The van der Waals surface area contributed by atoms with E-state index in [0.717, 1.165) is 59.0 Å². The van der Waals surface area contributed by atoms with Gasteiger partial charge in [0.2, 0.25) is 0 Å². The third-order valence-corrected chi connectivity index (χ3v) is 4.70. The highest BCUT2D eigenvalue weighted by Crippen LogP contribution is 2.26. The SMILES string of the molecule is CC(N)CCCOc1ccc2cc3ccc(OCCCC(C)N)cc3nc2c1. The van der Waals surface area contributed by atoms with E-state index in [-0.39, 0.29) is 12.1 Å². The van der Waals surface area contributed by atoms with Crippen molar-refractivity contribution in [3.05, 3.63) is 42.5 Å². The number of fused-ring (bicyclic) bond motifs is 2.